The molecule has 0 radical (unpaired) electrons. The highest BCUT2D eigenvalue weighted by Crippen LogP contribution is 2.22. The third kappa shape index (κ3) is 3.39. The highest BCUT2D eigenvalue weighted by molar-refractivity contribution is 7.89. The SMILES string of the molecule is CC(CCl)S(=O)(=O)N1CCN(c2cccc(Cl)c2)CC1. The lowest BCUT2D eigenvalue weighted by Gasteiger charge is -2.36. The minimum absolute atomic E-state index is 0.122. The Morgan fingerprint density at radius 1 is 1.25 bits per heavy atom. The van der Waals surface area contributed by atoms with Crippen LogP contribution in [0.2, 0.25) is 5.02 Å². The van der Waals surface area contributed by atoms with E-state index < -0.39 is 15.3 Å². The zero-order valence-electron chi connectivity index (χ0n) is 11.3. The minimum Gasteiger partial charge on any atom is -0.369 e. The van der Waals surface area contributed by atoms with Crippen LogP contribution in [0.1, 0.15) is 6.92 Å². The lowest BCUT2D eigenvalue weighted by molar-refractivity contribution is 0.381. The molecule has 0 bridgehead atoms. The van der Waals surface area contributed by atoms with E-state index in [-0.39, 0.29) is 5.88 Å². The highest BCUT2D eigenvalue weighted by atomic mass is 35.5. The fraction of sp³-hybridized carbons (Fsp3) is 0.538. The molecule has 1 aromatic carbocycles. The fourth-order valence-electron chi connectivity index (χ4n) is 2.21. The van der Waals surface area contributed by atoms with Gasteiger partial charge in [-0.1, -0.05) is 17.7 Å². The number of alkyl halides is 1. The quantitative estimate of drug-likeness (QED) is 0.793. The molecule has 0 spiro atoms. The van der Waals surface area contributed by atoms with E-state index in [2.05, 4.69) is 4.90 Å². The van der Waals surface area contributed by atoms with Crippen molar-refractivity contribution in [2.24, 2.45) is 0 Å². The van der Waals surface area contributed by atoms with Crippen LogP contribution in [-0.4, -0.2) is 50.0 Å². The number of nitrogens with zero attached hydrogens (tertiary/aromatic N) is 2. The molecule has 1 aromatic rings. The summed E-state index contributed by atoms with van der Waals surface area (Å²) in [5.74, 6) is 0.122. The maximum Gasteiger partial charge on any atom is 0.218 e. The Bertz CT molecular complexity index is 557. The van der Waals surface area contributed by atoms with Crippen molar-refractivity contribution < 1.29 is 8.42 Å². The lowest BCUT2D eigenvalue weighted by Crippen LogP contribution is -2.51. The lowest BCUT2D eigenvalue weighted by atomic mass is 10.2. The molecule has 1 aliphatic rings. The fourth-order valence-corrected chi connectivity index (χ4v) is 4.21. The van der Waals surface area contributed by atoms with Crippen LogP contribution in [0.25, 0.3) is 0 Å². The first-order valence-corrected chi connectivity index (χ1v) is 8.92. The molecule has 1 saturated heterocycles. The minimum atomic E-state index is -3.28. The van der Waals surface area contributed by atoms with Crippen LogP contribution in [0, 0.1) is 0 Å². The van der Waals surface area contributed by atoms with Gasteiger partial charge in [0.25, 0.3) is 0 Å². The largest absolute Gasteiger partial charge is 0.369 e. The molecule has 1 unspecified atom stereocenters. The number of rotatable bonds is 4. The molecule has 1 fully saturated rings. The van der Waals surface area contributed by atoms with E-state index in [1.165, 1.54) is 4.31 Å². The van der Waals surface area contributed by atoms with Crippen LogP contribution in [0.4, 0.5) is 5.69 Å². The van der Waals surface area contributed by atoms with E-state index in [9.17, 15) is 8.42 Å². The molecule has 4 nitrogen and oxygen atoms in total. The normalized spacial score (nSPS) is 19.1. The molecule has 7 heteroatoms. The third-order valence-electron chi connectivity index (χ3n) is 3.50. The monoisotopic (exact) mass is 336 g/mol. The van der Waals surface area contributed by atoms with Crippen LogP contribution in [-0.2, 0) is 10.0 Å². The number of hydrogen-bond acceptors (Lipinski definition) is 3. The average molecular weight is 337 g/mol. The summed E-state index contributed by atoms with van der Waals surface area (Å²) in [6.07, 6.45) is 0. The predicted octanol–water partition coefficient (Wildman–Crippen LogP) is 2.42. The van der Waals surface area contributed by atoms with Crippen LogP contribution in [0.3, 0.4) is 0 Å². The summed E-state index contributed by atoms with van der Waals surface area (Å²) in [6, 6.07) is 7.61. The smallest absolute Gasteiger partial charge is 0.218 e. The Morgan fingerprint density at radius 2 is 1.90 bits per heavy atom. The van der Waals surface area contributed by atoms with Crippen molar-refractivity contribution in [3.05, 3.63) is 29.3 Å². The first-order chi connectivity index (χ1) is 9.45. The van der Waals surface area contributed by atoms with E-state index in [1.54, 1.807) is 6.92 Å². The maximum atomic E-state index is 12.2. The Balaban J connectivity index is 2.03. The van der Waals surface area contributed by atoms with E-state index in [0.29, 0.717) is 31.2 Å². The van der Waals surface area contributed by atoms with Gasteiger partial charge in [0.15, 0.2) is 0 Å². The molecule has 0 amide bonds. The van der Waals surface area contributed by atoms with E-state index >= 15 is 0 Å². The number of halogens is 2. The van der Waals surface area contributed by atoms with Gasteiger partial charge in [0.2, 0.25) is 10.0 Å². The van der Waals surface area contributed by atoms with Crippen molar-refractivity contribution >= 4 is 38.9 Å². The molecular weight excluding hydrogens is 319 g/mol. The maximum absolute atomic E-state index is 12.2. The summed E-state index contributed by atoms with van der Waals surface area (Å²) >= 11 is 11.6. The van der Waals surface area contributed by atoms with Gasteiger partial charge in [0, 0.05) is 42.8 Å². The molecule has 1 atom stereocenters. The summed E-state index contributed by atoms with van der Waals surface area (Å²) in [5, 5.41) is 0.148. The van der Waals surface area contributed by atoms with E-state index in [4.69, 9.17) is 23.2 Å². The second-order valence-corrected chi connectivity index (χ2v) is 7.97. The van der Waals surface area contributed by atoms with Gasteiger partial charge in [-0.25, -0.2) is 8.42 Å². The number of hydrogen-bond donors (Lipinski definition) is 0. The zero-order chi connectivity index (χ0) is 14.8. The summed E-state index contributed by atoms with van der Waals surface area (Å²) in [5.41, 5.74) is 1.03. The number of benzene rings is 1. The Labute approximate surface area is 130 Å². The van der Waals surface area contributed by atoms with E-state index in [0.717, 1.165) is 5.69 Å². The van der Waals surface area contributed by atoms with Gasteiger partial charge in [-0.3, -0.25) is 0 Å². The predicted molar refractivity (Wildman–Crippen MR) is 84.3 cm³/mol. The molecule has 2 rings (SSSR count). The standard InChI is InChI=1S/C13H18Cl2N2O2S/c1-11(10-14)20(18,19)17-7-5-16(6-8-17)13-4-2-3-12(15)9-13/h2-4,9,11H,5-8,10H2,1H3. The van der Waals surface area contributed by atoms with Crippen LogP contribution >= 0.6 is 23.2 Å². The van der Waals surface area contributed by atoms with Gasteiger partial charge < -0.3 is 4.90 Å². The van der Waals surface area contributed by atoms with Crippen molar-refractivity contribution in [1.82, 2.24) is 4.31 Å². The summed E-state index contributed by atoms with van der Waals surface area (Å²) in [4.78, 5) is 2.14. The van der Waals surface area contributed by atoms with Crippen LogP contribution in [0.15, 0.2) is 24.3 Å². The van der Waals surface area contributed by atoms with Gasteiger partial charge in [0.05, 0.1) is 5.25 Å². The van der Waals surface area contributed by atoms with Crippen molar-refractivity contribution in [2.75, 3.05) is 37.0 Å². The van der Waals surface area contributed by atoms with Crippen molar-refractivity contribution in [1.29, 1.82) is 0 Å². The van der Waals surface area contributed by atoms with Gasteiger partial charge in [-0.2, -0.15) is 4.31 Å². The molecule has 1 heterocycles. The first kappa shape index (κ1) is 15.9. The average Bonchev–Trinajstić information content (AvgIpc) is 2.46. The summed E-state index contributed by atoms with van der Waals surface area (Å²) < 4.78 is 26.0. The van der Waals surface area contributed by atoms with Crippen LogP contribution in [0.5, 0.6) is 0 Å². The molecule has 0 aromatic heterocycles. The zero-order valence-corrected chi connectivity index (χ0v) is 13.6. The topological polar surface area (TPSA) is 40.6 Å². The van der Waals surface area contributed by atoms with Crippen molar-refractivity contribution in [3.63, 3.8) is 0 Å². The van der Waals surface area contributed by atoms with Crippen LogP contribution < -0.4 is 4.90 Å². The van der Waals surface area contributed by atoms with Gasteiger partial charge in [-0.15, -0.1) is 11.6 Å². The van der Waals surface area contributed by atoms with Gasteiger partial charge in [-0.05, 0) is 25.1 Å². The Kier molecular flexibility index (Phi) is 5.18. The second kappa shape index (κ2) is 6.52. The molecule has 20 heavy (non-hydrogen) atoms. The summed E-state index contributed by atoms with van der Waals surface area (Å²) in [7, 11) is -3.28. The third-order valence-corrected chi connectivity index (χ3v) is 6.65. The molecular formula is C13H18Cl2N2O2S. The molecule has 1 aliphatic heterocycles. The van der Waals surface area contributed by atoms with Gasteiger partial charge >= 0.3 is 0 Å². The summed E-state index contributed by atoms with van der Waals surface area (Å²) in [6.45, 7) is 3.93. The first-order valence-electron chi connectivity index (χ1n) is 6.50. The number of piperazine rings is 1. The molecule has 0 N–H and O–H groups in total. The molecule has 112 valence electrons. The highest BCUT2D eigenvalue weighted by Gasteiger charge is 2.31. The molecule has 0 aliphatic carbocycles. The second-order valence-electron chi connectivity index (χ2n) is 4.88. The Hall–Kier alpha value is -0.490. The van der Waals surface area contributed by atoms with Crippen molar-refractivity contribution in [3.8, 4) is 0 Å². The van der Waals surface area contributed by atoms with Crippen molar-refractivity contribution in [2.45, 2.75) is 12.2 Å². The number of sulfonamides is 1. The molecule has 0 saturated carbocycles. The van der Waals surface area contributed by atoms with E-state index in [1.807, 2.05) is 24.3 Å². The Morgan fingerprint density at radius 3 is 2.45 bits per heavy atom. The number of anilines is 1. The van der Waals surface area contributed by atoms with Gasteiger partial charge in [0.1, 0.15) is 0 Å².